The standard InChI is InChI=1S/C45H54N4O10S/c1-8-30-25-45(30,43(54)48-60(55,56)34-17-18-34)47-41(52)38-23-33(26-49(38)42(53)29(14-15-31(50)20-27(2)3)21-40(51)59-44(4,5)6)58-39-24-36(28-12-10-9-11-13-28)46-37-22-32(57-7)16-19-35(37)39/h8-13,16,19-20,22,24,29-30,33-34,38H,1,14-15,17-18,21,23,25-26H2,2-7H3,(H,47,52)(H,48,54)/t29-,30-,33-,38+,45-/m1/s1. The van der Waals surface area contributed by atoms with E-state index in [-0.39, 0.29) is 44.4 Å². The van der Waals surface area contributed by atoms with Gasteiger partial charge in [-0.25, -0.2) is 13.4 Å². The Morgan fingerprint density at radius 3 is 2.38 bits per heavy atom. The number of likely N-dealkylation sites (tertiary alicyclic amines) is 1. The summed E-state index contributed by atoms with van der Waals surface area (Å²) in [5.74, 6) is -3.60. The number of hydrogen-bond donors (Lipinski definition) is 2. The van der Waals surface area contributed by atoms with E-state index in [0.717, 1.165) is 11.1 Å². The molecular weight excluding hydrogens is 789 g/mol. The molecule has 1 aromatic heterocycles. The fourth-order valence-corrected chi connectivity index (χ4v) is 8.94. The Hall–Kier alpha value is -5.57. The van der Waals surface area contributed by atoms with Crippen molar-refractivity contribution in [2.75, 3.05) is 13.7 Å². The Kier molecular flexibility index (Phi) is 12.9. The summed E-state index contributed by atoms with van der Waals surface area (Å²) in [6, 6.07) is 15.5. The van der Waals surface area contributed by atoms with E-state index in [9.17, 15) is 32.4 Å². The zero-order valence-electron chi connectivity index (χ0n) is 35.0. The molecule has 2 N–H and O–H groups in total. The second-order valence-corrected chi connectivity index (χ2v) is 19.1. The largest absolute Gasteiger partial charge is 0.497 e. The highest BCUT2D eigenvalue weighted by Crippen LogP contribution is 2.46. The van der Waals surface area contributed by atoms with E-state index < -0.39 is 74.1 Å². The molecule has 60 heavy (non-hydrogen) atoms. The normalized spacial score (nSPS) is 21.6. The van der Waals surface area contributed by atoms with Crippen LogP contribution in [0.4, 0.5) is 0 Å². The number of ether oxygens (including phenoxy) is 3. The third kappa shape index (κ3) is 10.4. The Labute approximate surface area is 351 Å². The zero-order chi connectivity index (χ0) is 43.6. The number of methoxy groups -OCH3 is 1. The summed E-state index contributed by atoms with van der Waals surface area (Å²) in [5, 5.41) is 2.79. The molecule has 3 amide bonds. The molecule has 320 valence electrons. The van der Waals surface area contributed by atoms with Crippen LogP contribution in [0, 0.1) is 11.8 Å². The van der Waals surface area contributed by atoms with E-state index in [1.165, 1.54) is 17.1 Å². The summed E-state index contributed by atoms with van der Waals surface area (Å²) in [6.07, 6.45) is 2.75. The molecule has 0 unspecified atom stereocenters. The number of aromatic nitrogens is 1. The van der Waals surface area contributed by atoms with Crippen LogP contribution in [0.1, 0.15) is 79.6 Å². The molecule has 1 saturated heterocycles. The summed E-state index contributed by atoms with van der Waals surface area (Å²) in [5.41, 5.74) is 0.359. The first-order chi connectivity index (χ1) is 28.3. The molecule has 5 atom stereocenters. The number of pyridine rings is 1. The van der Waals surface area contributed by atoms with Gasteiger partial charge in [-0.3, -0.25) is 28.7 Å². The lowest BCUT2D eigenvalue weighted by Crippen LogP contribution is -2.57. The molecule has 3 aliphatic rings. The predicted octanol–water partition coefficient (Wildman–Crippen LogP) is 5.59. The smallest absolute Gasteiger partial charge is 0.307 e. The maximum absolute atomic E-state index is 14.8. The Bertz CT molecular complexity index is 2310. The van der Waals surface area contributed by atoms with E-state index in [0.29, 0.717) is 40.9 Å². The van der Waals surface area contributed by atoms with Crippen molar-refractivity contribution in [3.05, 3.63) is 78.9 Å². The summed E-state index contributed by atoms with van der Waals surface area (Å²) < 4.78 is 45.6. The monoisotopic (exact) mass is 842 g/mol. The number of carbonyl (C=O) groups excluding carboxylic acids is 5. The maximum Gasteiger partial charge on any atom is 0.307 e. The molecule has 2 aliphatic carbocycles. The number of esters is 1. The second kappa shape index (κ2) is 17.6. The highest BCUT2D eigenvalue weighted by molar-refractivity contribution is 7.91. The van der Waals surface area contributed by atoms with Crippen molar-refractivity contribution in [2.45, 2.75) is 108 Å². The average molecular weight is 843 g/mol. The first kappa shape index (κ1) is 44.0. The van der Waals surface area contributed by atoms with Gasteiger partial charge in [0.1, 0.15) is 34.8 Å². The fraction of sp³-hybridized carbons (Fsp3) is 0.467. The van der Waals surface area contributed by atoms with Crippen LogP contribution in [0.5, 0.6) is 11.5 Å². The molecule has 14 nitrogen and oxygen atoms in total. The van der Waals surface area contributed by atoms with Crippen molar-refractivity contribution in [3.63, 3.8) is 0 Å². The van der Waals surface area contributed by atoms with Crippen LogP contribution in [-0.4, -0.2) is 90.0 Å². The summed E-state index contributed by atoms with van der Waals surface area (Å²) in [4.78, 5) is 75.3. The molecule has 3 aromatic rings. The number of fused-ring (bicyclic) bond motifs is 1. The van der Waals surface area contributed by atoms with Gasteiger partial charge in [0, 0.05) is 47.8 Å². The lowest BCUT2D eigenvalue weighted by Gasteiger charge is -2.30. The van der Waals surface area contributed by atoms with Gasteiger partial charge in [-0.15, -0.1) is 6.58 Å². The van der Waals surface area contributed by atoms with Gasteiger partial charge in [0.05, 0.1) is 36.5 Å². The first-order valence-corrected chi connectivity index (χ1v) is 21.8. The number of nitrogens with zero attached hydrogens (tertiary/aromatic N) is 2. The van der Waals surface area contributed by atoms with Crippen LogP contribution < -0.4 is 19.5 Å². The number of rotatable bonds is 17. The molecule has 0 radical (unpaired) electrons. The molecule has 2 heterocycles. The van der Waals surface area contributed by atoms with Gasteiger partial charge >= 0.3 is 5.97 Å². The SMILES string of the molecule is C=C[C@@H]1C[C@]1(NC(=O)[C@@H]1C[C@@H](Oc2cc(-c3ccccc3)nc3cc(OC)ccc23)CN1C(=O)[C@H](CCC(=O)C=C(C)C)CC(=O)OC(C)(C)C)C(=O)NS(=O)(=O)C1CC1. The van der Waals surface area contributed by atoms with Crippen LogP contribution in [-0.2, 0) is 38.7 Å². The highest BCUT2D eigenvalue weighted by Gasteiger charge is 2.62. The minimum atomic E-state index is -3.94. The quantitative estimate of drug-likeness (QED) is 0.0980. The van der Waals surface area contributed by atoms with Gasteiger partial charge in [-0.1, -0.05) is 42.0 Å². The van der Waals surface area contributed by atoms with Crippen LogP contribution >= 0.6 is 0 Å². The van der Waals surface area contributed by atoms with E-state index in [1.54, 1.807) is 59.9 Å². The van der Waals surface area contributed by atoms with Gasteiger partial charge in [-0.2, -0.15) is 0 Å². The first-order valence-electron chi connectivity index (χ1n) is 20.2. The van der Waals surface area contributed by atoms with Crippen molar-refractivity contribution >= 4 is 50.4 Å². The van der Waals surface area contributed by atoms with Crippen LogP contribution in [0.15, 0.2) is 78.9 Å². The van der Waals surface area contributed by atoms with E-state index in [4.69, 9.17) is 19.2 Å². The van der Waals surface area contributed by atoms with E-state index in [1.807, 2.05) is 36.4 Å². The van der Waals surface area contributed by atoms with Gasteiger partial charge in [-0.05, 0) is 78.5 Å². The van der Waals surface area contributed by atoms with E-state index in [2.05, 4.69) is 16.6 Å². The van der Waals surface area contributed by atoms with Crippen LogP contribution in [0.25, 0.3) is 22.2 Å². The van der Waals surface area contributed by atoms with Crippen LogP contribution in [0.2, 0.25) is 0 Å². The second-order valence-electron chi connectivity index (χ2n) is 17.1. The van der Waals surface area contributed by atoms with Crippen molar-refractivity contribution in [3.8, 4) is 22.8 Å². The van der Waals surface area contributed by atoms with Gasteiger partial charge < -0.3 is 24.4 Å². The number of amides is 3. The minimum Gasteiger partial charge on any atom is -0.497 e. The van der Waals surface area contributed by atoms with E-state index >= 15 is 0 Å². The summed E-state index contributed by atoms with van der Waals surface area (Å²) in [7, 11) is -2.39. The summed E-state index contributed by atoms with van der Waals surface area (Å²) >= 11 is 0. The molecule has 2 saturated carbocycles. The molecule has 0 bridgehead atoms. The van der Waals surface area contributed by atoms with Crippen molar-refractivity contribution in [1.29, 1.82) is 0 Å². The van der Waals surface area contributed by atoms with Crippen molar-refractivity contribution in [1.82, 2.24) is 19.9 Å². The zero-order valence-corrected chi connectivity index (χ0v) is 35.8. The lowest BCUT2D eigenvalue weighted by molar-refractivity contribution is -0.159. The summed E-state index contributed by atoms with van der Waals surface area (Å²) in [6.45, 7) is 12.4. The Balaban J connectivity index is 1.35. The lowest BCUT2D eigenvalue weighted by atomic mass is 9.95. The molecular formula is C45H54N4O10S. The van der Waals surface area contributed by atoms with Crippen molar-refractivity contribution < 1.29 is 46.6 Å². The maximum atomic E-state index is 14.8. The highest BCUT2D eigenvalue weighted by atomic mass is 32.2. The number of benzene rings is 2. The number of sulfonamides is 1. The van der Waals surface area contributed by atoms with Crippen LogP contribution in [0.3, 0.4) is 0 Å². The number of nitrogens with one attached hydrogen (secondary N) is 2. The predicted molar refractivity (Wildman–Crippen MR) is 225 cm³/mol. The molecule has 3 fully saturated rings. The fourth-order valence-electron chi connectivity index (χ4n) is 7.57. The molecule has 0 spiro atoms. The Morgan fingerprint density at radius 2 is 1.77 bits per heavy atom. The topological polar surface area (TPSA) is 187 Å². The van der Waals surface area contributed by atoms with Crippen molar-refractivity contribution in [2.24, 2.45) is 11.8 Å². The number of hydrogen-bond acceptors (Lipinski definition) is 11. The van der Waals surface area contributed by atoms with Gasteiger partial charge in [0.15, 0.2) is 5.78 Å². The molecule has 6 rings (SSSR count). The molecule has 2 aromatic carbocycles. The molecule has 15 heteroatoms. The van der Waals surface area contributed by atoms with Gasteiger partial charge in [0.2, 0.25) is 21.8 Å². The minimum absolute atomic E-state index is 0.00176. The average Bonchev–Trinajstić information content (AvgIpc) is 4.12. The molecule has 1 aliphatic heterocycles. The number of carbonyl (C=O) groups is 5. The third-order valence-corrected chi connectivity index (χ3v) is 12.6. The third-order valence-electron chi connectivity index (χ3n) is 10.8. The van der Waals surface area contributed by atoms with Gasteiger partial charge in [0.25, 0.3) is 5.91 Å². The number of allylic oxidation sites excluding steroid dienone is 2. The number of ketones is 1. The Morgan fingerprint density at radius 1 is 1.05 bits per heavy atom.